The van der Waals surface area contributed by atoms with Gasteiger partial charge in [-0.3, -0.25) is 0 Å². The molecule has 0 aromatic heterocycles. The Morgan fingerprint density at radius 3 is 2.40 bits per heavy atom. The Morgan fingerprint density at radius 2 is 2.00 bits per heavy atom. The first kappa shape index (κ1) is 7.84. The van der Waals surface area contributed by atoms with E-state index in [0.29, 0.717) is 5.41 Å². The monoisotopic (exact) mass is 138 g/mol. The molecule has 0 spiro atoms. The van der Waals surface area contributed by atoms with Crippen molar-refractivity contribution in [2.75, 3.05) is 0 Å². The van der Waals surface area contributed by atoms with Gasteiger partial charge >= 0.3 is 0 Å². The van der Waals surface area contributed by atoms with E-state index in [2.05, 4.69) is 19.6 Å². The highest BCUT2D eigenvalue weighted by atomic mass is 14.3. The molecule has 0 nitrogen and oxygen atoms in total. The summed E-state index contributed by atoms with van der Waals surface area (Å²) in [6.07, 6.45) is 10.5. The Hall–Kier alpha value is -0.260. The minimum absolute atomic E-state index is 0.668. The Bertz CT molecular complexity index is 107. The van der Waals surface area contributed by atoms with Crippen LogP contribution in [0.15, 0.2) is 12.7 Å². The zero-order valence-electron chi connectivity index (χ0n) is 7.03. The van der Waals surface area contributed by atoms with Crippen LogP contribution in [-0.4, -0.2) is 0 Å². The molecule has 0 aromatic carbocycles. The third kappa shape index (κ3) is 1.42. The van der Waals surface area contributed by atoms with E-state index in [4.69, 9.17) is 0 Å². The Balaban J connectivity index is 2.48. The minimum Gasteiger partial charge on any atom is -0.103 e. The lowest BCUT2D eigenvalue weighted by molar-refractivity contribution is 0.289. The lowest BCUT2D eigenvalue weighted by Gasteiger charge is -2.25. The third-order valence-corrected chi connectivity index (χ3v) is 2.99. The van der Waals surface area contributed by atoms with Crippen molar-refractivity contribution in [2.45, 2.75) is 45.4 Å². The van der Waals surface area contributed by atoms with Crippen molar-refractivity contribution in [1.29, 1.82) is 0 Å². The van der Waals surface area contributed by atoms with E-state index in [-0.39, 0.29) is 0 Å². The van der Waals surface area contributed by atoms with Crippen molar-refractivity contribution in [3.63, 3.8) is 0 Å². The molecule has 10 heavy (non-hydrogen) atoms. The van der Waals surface area contributed by atoms with Crippen molar-refractivity contribution in [2.24, 2.45) is 5.41 Å². The van der Waals surface area contributed by atoms with Crippen molar-refractivity contribution in [3.05, 3.63) is 12.7 Å². The summed E-state index contributed by atoms with van der Waals surface area (Å²) in [5.41, 5.74) is 0.668. The second-order valence-corrected chi connectivity index (χ2v) is 3.55. The molecule has 1 fully saturated rings. The van der Waals surface area contributed by atoms with Crippen molar-refractivity contribution >= 4 is 0 Å². The molecule has 0 bridgehead atoms. The van der Waals surface area contributed by atoms with E-state index in [0.717, 1.165) is 0 Å². The Labute approximate surface area is 64.3 Å². The van der Waals surface area contributed by atoms with Gasteiger partial charge in [-0.25, -0.2) is 0 Å². The van der Waals surface area contributed by atoms with Crippen molar-refractivity contribution in [1.82, 2.24) is 0 Å². The highest BCUT2D eigenvalue weighted by molar-refractivity contribution is 4.89. The maximum Gasteiger partial charge on any atom is -0.0266 e. The fraction of sp³-hybridized carbons (Fsp3) is 0.800. The molecule has 0 aliphatic heterocycles. The molecule has 0 aromatic rings. The van der Waals surface area contributed by atoms with Crippen molar-refractivity contribution < 1.29 is 0 Å². The van der Waals surface area contributed by atoms with Crippen molar-refractivity contribution in [3.8, 4) is 0 Å². The molecule has 1 aliphatic rings. The number of hydrogen-bond acceptors (Lipinski definition) is 0. The molecule has 0 saturated heterocycles. The van der Waals surface area contributed by atoms with Crippen LogP contribution in [0.5, 0.6) is 0 Å². The molecule has 0 heteroatoms. The van der Waals surface area contributed by atoms with Gasteiger partial charge in [0.15, 0.2) is 0 Å². The van der Waals surface area contributed by atoms with Gasteiger partial charge in [0.1, 0.15) is 0 Å². The lowest BCUT2D eigenvalue weighted by Crippen LogP contribution is -2.12. The molecule has 1 rings (SSSR count). The largest absolute Gasteiger partial charge is 0.103 e. The molecular formula is C10H18. The van der Waals surface area contributed by atoms with E-state index in [1.165, 1.54) is 38.5 Å². The van der Waals surface area contributed by atoms with Crippen LogP contribution in [0.25, 0.3) is 0 Å². The molecule has 0 N–H and O–H groups in total. The first-order chi connectivity index (χ1) is 4.83. The Morgan fingerprint density at radius 1 is 1.40 bits per heavy atom. The summed E-state index contributed by atoms with van der Waals surface area (Å²) in [5, 5.41) is 0. The first-order valence-corrected chi connectivity index (χ1v) is 4.44. The summed E-state index contributed by atoms with van der Waals surface area (Å²) >= 11 is 0. The number of allylic oxidation sites excluding steroid dienone is 1. The average Bonchev–Trinajstić information content (AvgIpc) is 2.39. The Kier molecular flexibility index (Phi) is 2.53. The predicted octanol–water partition coefficient (Wildman–Crippen LogP) is 3.53. The highest BCUT2D eigenvalue weighted by Crippen LogP contribution is 2.43. The maximum atomic E-state index is 3.82. The van der Waals surface area contributed by atoms with E-state index >= 15 is 0 Å². The first-order valence-electron chi connectivity index (χ1n) is 4.44. The summed E-state index contributed by atoms with van der Waals surface area (Å²) in [4.78, 5) is 0. The predicted molar refractivity (Wildman–Crippen MR) is 46.0 cm³/mol. The second-order valence-electron chi connectivity index (χ2n) is 3.55. The summed E-state index contributed by atoms with van der Waals surface area (Å²) in [7, 11) is 0. The standard InChI is InChI=1S/C10H18/c1-3-7-10(4-2)8-5-6-9-10/h3H,1,4-9H2,2H3. The van der Waals surface area contributed by atoms with Crippen LogP contribution < -0.4 is 0 Å². The van der Waals surface area contributed by atoms with Gasteiger partial charge in [0.25, 0.3) is 0 Å². The van der Waals surface area contributed by atoms with Gasteiger partial charge in [0.05, 0.1) is 0 Å². The summed E-state index contributed by atoms with van der Waals surface area (Å²) in [5.74, 6) is 0. The van der Waals surface area contributed by atoms with E-state index in [1.54, 1.807) is 0 Å². The van der Waals surface area contributed by atoms with Crippen LogP contribution in [0.2, 0.25) is 0 Å². The molecule has 0 radical (unpaired) electrons. The second kappa shape index (κ2) is 3.23. The fourth-order valence-electron chi connectivity index (χ4n) is 2.13. The van der Waals surface area contributed by atoms with Gasteiger partial charge in [-0.1, -0.05) is 32.3 Å². The van der Waals surface area contributed by atoms with E-state index < -0.39 is 0 Å². The summed E-state index contributed by atoms with van der Waals surface area (Å²) in [6.45, 7) is 6.13. The maximum absolute atomic E-state index is 3.82. The summed E-state index contributed by atoms with van der Waals surface area (Å²) in [6, 6.07) is 0. The quantitative estimate of drug-likeness (QED) is 0.523. The van der Waals surface area contributed by atoms with Crippen LogP contribution >= 0.6 is 0 Å². The zero-order valence-corrected chi connectivity index (χ0v) is 7.03. The molecule has 1 saturated carbocycles. The average molecular weight is 138 g/mol. The zero-order chi connectivity index (χ0) is 7.45. The lowest BCUT2D eigenvalue weighted by atomic mass is 9.80. The summed E-state index contributed by atoms with van der Waals surface area (Å²) < 4.78 is 0. The van der Waals surface area contributed by atoms with Crippen LogP contribution in [0.4, 0.5) is 0 Å². The number of hydrogen-bond donors (Lipinski definition) is 0. The van der Waals surface area contributed by atoms with Gasteiger partial charge in [-0.2, -0.15) is 0 Å². The topological polar surface area (TPSA) is 0 Å². The van der Waals surface area contributed by atoms with Gasteiger partial charge < -0.3 is 0 Å². The SMILES string of the molecule is C=CCC1(CC)CCCC1. The molecule has 58 valence electrons. The third-order valence-electron chi connectivity index (χ3n) is 2.99. The molecule has 1 aliphatic carbocycles. The van der Waals surface area contributed by atoms with Crippen LogP contribution in [0.1, 0.15) is 45.4 Å². The van der Waals surface area contributed by atoms with Crippen LogP contribution in [0.3, 0.4) is 0 Å². The minimum atomic E-state index is 0.668. The molecule has 0 heterocycles. The van der Waals surface area contributed by atoms with Gasteiger partial charge in [0.2, 0.25) is 0 Å². The smallest absolute Gasteiger partial charge is 0.0266 e. The van der Waals surface area contributed by atoms with Crippen LogP contribution in [-0.2, 0) is 0 Å². The molecule has 0 amide bonds. The van der Waals surface area contributed by atoms with E-state index in [9.17, 15) is 0 Å². The normalized spacial score (nSPS) is 22.9. The van der Waals surface area contributed by atoms with Gasteiger partial charge in [0, 0.05) is 0 Å². The molecular weight excluding hydrogens is 120 g/mol. The van der Waals surface area contributed by atoms with E-state index in [1.807, 2.05) is 0 Å². The van der Waals surface area contributed by atoms with Crippen LogP contribution in [0, 0.1) is 5.41 Å². The van der Waals surface area contributed by atoms with Gasteiger partial charge in [-0.15, -0.1) is 6.58 Å². The fourth-order valence-corrected chi connectivity index (χ4v) is 2.13. The van der Waals surface area contributed by atoms with Gasteiger partial charge in [-0.05, 0) is 24.7 Å². The molecule has 0 unspecified atom stereocenters. The highest BCUT2D eigenvalue weighted by Gasteiger charge is 2.29. The molecule has 0 atom stereocenters. The number of rotatable bonds is 3.